The average molecular weight is 324 g/mol. The highest BCUT2D eigenvalue weighted by Crippen LogP contribution is 2.19. The zero-order valence-corrected chi connectivity index (χ0v) is 14.7. The first kappa shape index (κ1) is 18.7. The first-order chi connectivity index (χ1) is 9.99. The van der Waals surface area contributed by atoms with Crippen LogP contribution in [0.15, 0.2) is 11.2 Å². The maximum atomic E-state index is 11.8. The Morgan fingerprint density at radius 2 is 1.73 bits per heavy atom. The zero-order valence-electron chi connectivity index (χ0n) is 13.9. The average Bonchev–Trinajstić information content (AvgIpc) is 2.93. The van der Waals surface area contributed by atoms with Crippen molar-refractivity contribution < 1.29 is 4.79 Å². The standard InChI is InChI=1S/C17H25N3O.ClH/c1-12-9-13(2)15(4)16(14(12)3)10-18-19-17(21)11-20-7-5-6-8-20;/h9-10H,5-8,11H2,1-4H3,(H,19,21);1H/b18-10+;. The van der Waals surface area contributed by atoms with Gasteiger partial charge < -0.3 is 0 Å². The Morgan fingerprint density at radius 3 is 2.27 bits per heavy atom. The highest BCUT2D eigenvalue weighted by molar-refractivity contribution is 5.86. The van der Waals surface area contributed by atoms with E-state index in [1.807, 2.05) is 0 Å². The second kappa shape index (κ2) is 8.30. The fraction of sp³-hybridized carbons (Fsp3) is 0.529. The normalized spacial score (nSPS) is 15.1. The molecule has 1 aromatic carbocycles. The maximum Gasteiger partial charge on any atom is 0.254 e. The molecule has 0 aliphatic carbocycles. The van der Waals surface area contributed by atoms with Gasteiger partial charge in [-0.1, -0.05) is 6.07 Å². The molecule has 1 aromatic rings. The van der Waals surface area contributed by atoms with E-state index in [-0.39, 0.29) is 18.3 Å². The van der Waals surface area contributed by atoms with E-state index in [1.54, 1.807) is 6.21 Å². The minimum Gasteiger partial charge on any atom is -0.294 e. The van der Waals surface area contributed by atoms with Gasteiger partial charge in [0.25, 0.3) is 5.91 Å². The predicted molar refractivity (Wildman–Crippen MR) is 94.0 cm³/mol. The molecule has 4 nitrogen and oxygen atoms in total. The fourth-order valence-electron chi connectivity index (χ4n) is 2.79. The summed E-state index contributed by atoms with van der Waals surface area (Å²) in [5, 5.41) is 4.14. The molecule has 122 valence electrons. The summed E-state index contributed by atoms with van der Waals surface area (Å²) in [5.74, 6) is -0.0344. The van der Waals surface area contributed by atoms with Crippen LogP contribution in [0, 0.1) is 27.7 Å². The summed E-state index contributed by atoms with van der Waals surface area (Å²) in [6, 6.07) is 2.19. The molecule has 1 fully saturated rings. The van der Waals surface area contributed by atoms with E-state index in [0.717, 1.165) is 18.7 Å². The summed E-state index contributed by atoms with van der Waals surface area (Å²) >= 11 is 0. The molecular weight excluding hydrogens is 298 g/mol. The number of rotatable bonds is 4. The number of halogens is 1. The van der Waals surface area contributed by atoms with Gasteiger partial charge in [-0.25, -0.2) is 5.43 Å². The number of likely N-dealkylation sites (tertiary alicyclic amines) is 1. The molecule has 1 N–H and O–H groups in total. The van der Waals surface area contributed by atoms with Crippen molar-refractivity contribution in [1.82, 2.24) is 10.3 Å². The molecule has 0 spiro atoms. The number of benzene rings is 1. The lowest BCUT2D eigenvalue weighted by Crippen LogP contribution is -2.33. The molecule has 1 aliphatic rings. The molecule has 0 unspecified atom stereocenters. The van der Waals surface area contributed by atoms with Crippen molar-refractivity contribution in [2.45, 2.75) is 40.5 Å². The Morgan fingerprint density at radius 1 is 1.18 bits per heavy atom. The third-order valence-electron chi connectivity index (χ3n) is 4.37. The number of hydrogen-bond acceptors (Lipinski definition) is 3. The lowest BCUT2D eigenvalue weighted by Gasteiger charge is -2.13. The van der Waals surface area contributed by atoms with Gasteiger partial charge in [0, 0.05) is 5.56 Å². The van der Waals surface area contributed by atoms with Crippen molar-refractivity contribution in [3.8, 4) is 0 Å². The topological polar surface area (TPSA) is 44.7 Å². The molecule has 0 bridgehead atoms. The van der Waals surface area contributed by atoms with Gasteiger partial charge in [0.15, 0.2) is 0 Å². The molecular formula is C17H26ClN3O. The summed E-state index contributed by atoms with van der Waals surface area (Å²) in [5.41, 5.74) is 8.69. The molecule has 5 heteroatoms. The van der Waals surface area contributed by atoms with Gasteiger partial charge in [-0.3, -0.25) is 9.69 Å². The van der Waals surface area contributed by atoms with Crippen LogP contribution in [-0.4, -0.2) is 36.7 Å². The van der Waals surface area contributed by atoms with Crippen molar-refractivity contribution in [2.75, 3.05) is 19.6 Å². The molecule has 0 atom stereocenters. The van der Waals surface area contributed by atoms with E-state index in [2.05, 4.69) is 49.2 Å². The van der Waals surface area contributed by atoms with Crippen LogP contribution >= 0.6 is 12.4 Å². The first-order valence-electron chi connectivity index (χ1n) is 7.60. The summed E-state index contributed by atoms with van der Waals surface area (Å²) in [7, 11) is 0. The van der Waals surface area contributed by atoms with Crippen molar-refractivity contribution in [3.63, 3.8) is 0 Å². The van der Waals surface area contributed by atoms with Crippen molar-refractivity contribution in [3.05, 3.63) is 33.9 Å². The molecule has 1 aliphatic heterocycles. The van der Waals surface area contributed by atoms with Crippen LogP contribution in [0.2, 0.25) is 0 Å². The third-order valence-corrected chi connectivity index (χ3v) is 4.37. The molecule has 22 heavy (non-hydrogen) atoms. The second-order valence-electron chi connectivity index (χ2n) is 5.95. The Kier molecular flexibility index (Phi) is 7.04. The van der Waals surface area contributed by atoms with Gasteiger partial charge in [0.1, 0.15) is 0 Å². The monoisotopic (exact) mass is 323 g/mol. The predicted octanol–water partition coefficient (Wildman–Crippen LogP) is 2.89. The lowest BCUT2D eigenvalue weighted by molar-refractivity contribution is -0.121. The van der Waals surface area contributed by atoms with Gasteiger partial charge in [-0.2, -0.15) is 5.10 Å². The van der Waals surface area contributed by atoms with E-state index in [1.165, 1.54) is 35.1 Å². The van der Waals surface area contributed by atoms with E-state index < -0.39 is 0 Å². The Balaban J connectivity index is 0.00000242. The second-order valence-corrected chi connectivity index (χ2v) is 5.95. The molecule has 1 heterocycles. The van der Waals surface area contributed by atoms with Crippen molar-refractivity contribution in [2.24, 2.45) is 5.10 Å². The molecule has 0 saturated carbocycles. The Hall–Kier alpha value is -1.39. The van der Waals surface area contributed by atoms with Gasteiger partial charge in [-0.15, -0.1) is 12.4 Å². The number of hydrogen-bond donors (Lipinski definition) is 1. The van der Waals surface area contributed by atoms with E-state index in [9.17, 15) is 4.79 Å². The Bertz CT molecular complexity index is 537. The largest absolute Gasteiger partial charge is 0.294 e. The zero-order chi connectivity index (χ0) is 15.4. The number of nitrogens with one attached hydrogen (secondary N) is 1. The smallest absolute Gasteiger partial charge is 0.254 e. The number of amides is 1. The number of nitrogens with zero attached hydrogens (tertiary/aromatic N) is 2. The number of hydrazone groups is 1. The van der Waals surface area contributed by atoms with E-state index >= 15 is 0 Å². The van der Waals surface area contributed by atoms with Crippen LogP contribution in [0.4, 0.5) is 0 Å². The third kappa shape index (κ3) is 4.55. The Labute approximate surface area is 139 Å². The van der Waals surface area contributed by atoms with E-state index in [0.29, 0.717) is 6.54 Å². The van der Waals surface area contributed by atoms with Crippen LogP contribution in [0.1, 0.15) is 40.7 Å². The van der Waals surface area contributed by atoms with Gasteiger partial charge in [0.05, 0.1) is 12.8 Å². The van der Waals surface area contributed by atoms with Crippen LogP contribution in [0.25, 0.3) is 0 Å². The summed E-state index contributed by atoms with van der Waals surface area (Å²) < 4.78 is 0. The quantitative estimate of drug-likeness (QED) is 0.684. The molecule has 1 amide bonds. The first-order valence-corrected chi connectivity index (χ1v) is 7.60. The van der Waals surface area contributed by atoms with Crippen molar-refractivity contribution >= 4 is 24.5 Å². The highest BCUT2D eigenvalue weighted by Gasteiger charge is 2.14. The summed E-state index contributed by atoms with van der Waals surface area (Å²) in [4.78, 5) is 14.0. The number of carbonyl (C=O) groups is 1. The molecule has 0 aromatic heterocycles. The van der Waals surface area contributed by atoms with Crippen LogP contribution in [0.3, 0.4) is 0 Å². The summed E-state index contributed by atoms with van der Waals surface area (Å²) in [6.45, 7) is 10.9. The summed E-state index contributed by atoms with van der Waals surface area (Å²) in [6.07, 6.45) is 4.15. The molecule has 1 saturated heterocycles. The minimum atomic E-state index is -0.0344. The lowest BCUT2D eigenvalue weighted by atomic mass is 9.95. The van der Waals surface area contributed by atoms with Gasteiger partial charge in [0.2, 0.25) is 0 Å². The van der Waals surface area contributed by atoms with E-state index in [4.69, 9.17) is 0 Å². The molecule has 0 radical (unpaired) electrons. The fourth-order valence-corrected chi connectivity index (χ4v) is 2.79. The van der Waals surface area contributed by atoms with Gasteiger partial charge >= 0.3 is 0 Å². The SMILES string of the molecule is Cc1cc(C)c(C)c(/C=N/NC(=O)CN2CCCC2)c1C.Cl. The minimum absolute atomic E-state index is 0. The van der Waals surface area contributed by atoms with Gasteiger partial charge in [-0.05, 0) is 75.9 Å². The van der Waals surface area contributed by atoms with Crippen LogP contribution in [-0.2, 0) is 4.79 Å². The highest BCUT2D eigenvalue weighted by atomic mass is 35.5. The van der Waals surface area contributed by atoms with Crippen LogP contribution < -0.4 is 5.43 Å². The molecule has 2 rings (SSSR count). The van der Waals surface area contributed by atoms with Crippen LogP contribution in [0.5, 0.6) is 0 Å². The number of aryl methyl sites for hydroxylation is 2. The maximum absolute atomic E-state index is 11.8. The number of carbonyl (C=O) groups excluding carboxylic acids is 1. The van der Waals surface area contributed by atoms with Crippen molar-refractivity contribution in [1.29, 1.82) is 0 Å².